The van der Waals surface area contributed by atoms with Crippen LogP contribution in [0.5, 0.6) is 0 Å². The fourth-order valence-corrected chi connectivity index (χ4v) is 2.45. The summed E-state index contributed by atoms with van der Waals surface area (Å²) >= 11 is 0. The molecule has 6 heteroatoms. The van der Waals surface area contributed by atoms with E-state index in [1.165, 1.54) is 4.68 Å². The van der Waals surface area contributed by atoms with Gasteiger partial charge in [0.25, 0.3) is 5.56 Å². The van der Waals surface area contributed by atoms with Gasteiger partial charge in [-0.2, -0.15) is 5.10 Å². The van der Waals surface area contributed by atoms with E-state index in [1.54, 1.807) is 12.3 Å². The molecule has 0 bridgehead atoms. The molecule has 118 valence electrons. The van der Waals surface area contributed by atoms with E-state index in [9.17, 15) is 4.79 Å². The summed E-state index contributed by atoms with van der Waals surface area (Å²) in [5.41, 5.74) is 0.702. The summed E-state index contributed by atoms with van der Waals surface area (Å²) in [5, 5.41) is 7.41. The Balaban J connectivity index is 1.97. The van der Waals surface area contributed by atoms with Crippen LogP contribution in [0.4, 0.5) is 5.69 Å². The van der Waals surface area contributed by atoms with E-state index in [0.717, 1.165) is 31.7 Å². The van der Waals surface area contributed by atoms with Gasteiger partial charge in [-0.15, -0.1) is 0 Å². The van der Waals surface area contributed by atoms with Crippen LogP contribution in [-0.4, -0.2) is 53.1 Å². The van der Waals surface area contributed by atoms with Crippen LogP contribution >= 0.6 is 0 Å². The summed E-state index contributed by atoms with van der Waals surface area (Å²) in [6, 6.07) is 2.10. The molecule has 1 aliphatic rings. The quantitative estimate of drug-likeness (QED) is 0.853. The maximum Gasteiger partial charge on any atom is 0.268 e. The molecule has 21 heavy (non-hydrogen) atoms. The molecule has 1 fully saturated rings. The number of nitrogens with zero attached hydrogens (tertiary/aromatic N) is 3. The smallest absolute Gasteiger partial charge is 0.268 e. The molecule has 0 aromatic carbocycles. The first-order valence-corrected chi connectivity index (χ1v) is 7.77. The summed E-state index contributed by atoms with van der Waals surface area (Å²) in [6.07, 6.45) is 2.75. The SMILES string of the molecule is CCCNc1cnn(CC2CN(C(C)C)CCO2)c(=O)c1. The molecule has 1 atom stereocenters. The minimum atomic E-state index is -0.0821. The van der Waals surface area contributed by atoms with Crippen LogP contribution in [0.2, 0.25) is 0 Å². The molecule has 2 rings (SSSR count). The van der Waals surface area contributed by atoms with Gasteiger partial charge < -0.3 is 10.1 Å². The molecule has 1 unspecified atom stereocenters. The molecule has 0 amide bonds. The first-order chi connectivity index (χ1) is 10.1. The standard InChI is InChI=1S/C15H26N4O2/c1-4-5-16-13-8-15(20)19(17-9-13)11-14-10-18(12(2)3)6-7-21-14/h8-9,12,14,16H,4-7,10-11H2,1-3H3. The fourth-order valence-electron chi connectivity index (χ4n) is 2.45. The zero-order chi connectivity index (χ0) is 15.2. The highest BCUT2D eigenvalue weighted by Gasteiger charge is 2.23. The van der Waals surface area contributed by atoms with Crippen LogP contribution in [0, 0.1) is 0 Å². The van der Waals surface area contributed by atoms with Gasteiger partial charge in [0.2, 0.25) is 0 Å². The van der Waals surface area contributed by atoms with Crippen LogP contribution in [0.25, 0.3) is 0 Å². The van der Waals surface area contributed by atoms with Crippen molar-refractivity contribution in [3.05, 3.63) is 22.6 Å². The molecule has 0 saturated carbocycles. The second kappa shape index (κ2) is 7.56. The van der Waals surface area contributed by atoms with Crippen LogP contribution in [0.3, 0.4) is 0 Å². The van der Waals surface area contributed by atoms with Crippen molar-refractivity contribution in [2.75, 3.05) is 31.6 Å². The fraction of sp³-hybridized carbons (Fsp3) is 0.733. The lowest BCUT2D eigenvalue weighted by atomic mass is 10.2. The van der Waals surface area contributed by atoms with E-state index >= 15 is 0 Å². The summed E-state index contributed by atoms with van der Waals surface area (Å²) in [5.74, 6) is 0. The minimum Gasteiger partial charge on any atom is -0.384 e. The van der Waals surface area contributed by atoms with Gasteiger partial charge in [-0.25, -0.2) is 4.68 Å². The van der Waals surface area contributed by atoms with Crippen molar-refractivity contribution in [3.8, 4) is 0 Å². The van der Waals surface area contributed by atoms with Gasteiger partial charge in [0.15, 0.2) is 0 Å². The van der Waals surface area contributed by atoms with Gasteiger partial charge in [-0.3, -0.25) is 9.69 Å². The second-order valence-corrected chi connectivity index (χ2v) is 5.77. The molecule has 1 aliphatic heterocycles. The molecule has 0 spiro atoms. The van der Waals surface area contributed by atoms with Crippen molar-refractivity contribution < 1.29 is 4.74 Å². The third kappa shape index (κ3) is 4.54. The van der Waals surface area contributed by atoms with Crippen LogP contribution in [0.15, 0.2) is 17.1 Å². The number of hydrogen-bond acceptors (Lipinski definition) is 5. The van der Waals surface area contributed by atoms with Gasteiger partial charge in [0, 0.05) is 31.7 Å². The molecule has 0 aliphatic carbocycles. The molecule has 2 heterocycles. The van der Waals surface area contributed by atoms with E-state index in [0.29, 0.717) is 19.2 Å². The summed E-state index contributed by atoms with van der Waals surface area (Å²) in [6.45, 7) is 10.3. The predicted molar refractivity (Wildman–Crippen MR) is 83.7 cm³/mol. The molecule has 6 nitrogen and oxygen atoms in total. The van der Waals surface area contributed by atoms with Crippen molar-refractivity contribution in [1.82, 2.24) is 14.7 Å². The topological polar surface area (TPSA) is 59.4 Å². The van der Waals surface area contributed by atoms with Crippen molar-refractivity contribution in [2.45, 2.75) is 45.9 Å². The highest BCUT2D eigenvalue weighted by atomic mass is 16.5. The maximum atomic E-state index is 12.1. The lowest BCUT2D eigenvalue weighted by Crippen LogP contribution is -2.48. The van der Waals surface area contributed by atoms with Crippen molar-refractivity contribution >= 4 is 5.69 Å². The lowest BCUT2D eigenvalue weighted by Gasteiger charge is -2.35. The van der Waals surface area contributed by atoms with Crippen LogP contribution in [-0.2, 0) is 11.3 Å². The number of hydrogen-bond donors (Lipinski definition) is 1. The Kier molecular flexibility index (Phi) is 5.76. The van der Waals surface area contributed by atoms with E-state index in [2.05, 4.69) is 36.1 Å². The largest absolute Gasteiger partial charge is 0.384 e. The Morgan fingerprint density at radius 2 is 2.33 bits per heavy atom. The molecule has 1 N–H and O–H groups in total. The Morgan fingerprint density at radius 1 is 1.52 bits per heavy atom. The Hall–Kier alpha value is -1.40. The molecular formula is C15H26N4O2. The van der Waals surface area contributed by atoms with Crippen molar-refractivity contribution in [1.29, 1.82) is 0 Å². The summed E-state index contributed by atoms with van der Waals surface area (Å²) < 4.78 is 7.25. The van der Waals surface area contributed by atoms with E-state index in [1.807, 2.05) is 0 Å². The number of rotatable bonds is 6. The maximum absolute atomic E-state index is 12.1. The van der Waals surface area contributed by atoms with Gasteiger partial charge >= 0.3 is 0 Å². The van der Waals surface area contributed by atoms with E-state index in [4.69, 9.17) is 4.74 Å². The Morgan fingerprint density at radius 3 is 3.00 bits per heavy atom. The number of ether oxygens (including phenoxy) is 1. The lowest BCUT2D eigenvalue weighted by molar-refractivity contribution is -0.0475. The third-order valence-electron chi connectivity index (χ3n) is 3.73. The average Bonchev–Trinajstić information content (AvgIpc) is 2.48. The number of nitrogens with one attached hydrogen (secondary N) is 1. The van der Waals surface area contributed by atoms with E-state index < -0.39 is 0 Å². The molecule has 1 aromatic rings. The Bertz CT molecular complexity index is 501. The predicted octanol–water partition coefficient (Wildman–Crippen LogP) is 1.17. The number of morpholine rings is 1. The second-order valence-electron chi connectivity index (χ2n) is 5.77. The van der Waals surface area contributed by atoms with Gasteiger partial charge in [-0.1, -0.05) is 6.92 Å². The zero-order valence-corrected chi connectivity index (χ0v) is 13.2. The zero-order valence-electron chi connectivity index (χ0n) is 13.2. The van der Waals surface area contributed by atoms with Crippen molar-refractivity contribution in [3.63, 3.8) is 0 Å². The molecule has 1 saturated heterocycles. The normalized spacial score (nSPS) is 19.9. The average molecular weight is 294 g/mol. The van der Waals surface area contributed by atoms with Crippen LogP contribution in [0.1, 0.15) is 27.2 Å². The highest BCUT2D eigenvalue weighted by Crippen LogP contribution is 2.10. The van der Waals surface area contributed by atoms with Gasteiger partial charge in [0.05, 0.1) is 31.1 Å². The molecule has 0 radical (unpaired) electrons. The third-order valence-corrected chi connectivity index (χ3v) is 3.73. The van der Waals surface area contributed by atoms with E-state index in [-0.39, 0.29) is 11.7 Å². The summed E-state index contributed by atoms with van der Waals surface area (Å²) in [7, 11) is 0. The number of aromatic nitrogens is 2. The molecule has 1 aromatic heterocycles. The van der Waals surface area contributed by atoms with Crippen molar-refractivity contribution in [2.24, 2.45) is 0 Å². The minimum absolute atomic E-state index is 0.0285. The summed E-state index contributed by atoms with van der Waals surface area (Å²) in [4.78, 5) is 14.5. The molecular weight excluding hydrogens is 268 g/mol. The van der Waals surface area contributed by atoms with Gasteiger partial charge in [-0.05, 0) is 20.3 Å². The highest BCUT2D eigenvalue weighted by molar-refractivity contribution is 5.38. The monoisotopic (exact) mass is 294 g/mol. The number of anilines is 1. The Labute approximate surface area is 126 Å². The first-order valence-electron chi connectivity index (χ1n) is 7.77. The van der Waals surface area contributed by atoms with Crippen LogP contribution < -0.4 is 10.9 Å². The first kappa shape index (κ1) is 16.0. The van der Waals surface area contributed by atoms with Gasteiger partial charge in [0.1, 0.15) is 0 Å².